The highest BCUT2D eigenvalue weighted by molar-refractivity contribution is 7.89. The van der Waals surface area contributed by atoms with Crippen LogP contribution >= 0.6 is 22.9 Å². The lowest BCUT2D eigenvalue weighted by atomic mass is 9.98. The minimum Gasteiger partial charge on any atom is -0.316 e. The van der Waals surface area contributed by atoms with Gasteiger partial charge in [0.2, 0.25) is 15.9 Å². The van der Waals surface area contributed by atoms with Crippen LogP contribution in [0.5, 0.6) is 0 Å². The number of hydrogen-bond donors (Lipinski definition) is 2. The first-order valence-corrected chi connectivity index (χ1v) is 12.8. The molecular formula is C21H23ClN4O3S2. The molecule has 1 unspecified atom stereocenters. The van der Waals surface area contributed by atoms with Crippen LogP contribution in [0.3, 0.4) is 0 Å². The summed E-state index contributed by atoms with van der Waals surface area (Å²) in [6, 6.07) is 11.9. The van der Waals surface area contributed by atoms with Crippen molar-refractivity contribution in [3.63, 3.8) is 0 Å². The van der Waals surface area contributed by atoms with Crippen LogP contribution in [0.25, 0.3) is 10.2 Å². The summed E-state index contributed by atoms with van der Waals surface area (Å²) >= 11 is 7.56. The Labute approximate surface area is 190 Å². The quantitative estimate of drug-likeness (QED) is 0.566. The number of piperidine rings is 1. The third-order valence-corrected chi connectivity index (χ3v) is 7.56. The number of primary sulfonamides is 1. The highest BCUT2D eigenvalue weighted by Crippen LogP contribution is 2.32. The van der Waals surface area contributed by atoms with Crippen LogP contribution in [0.4, 0.5) is 5.13 Å². The van der Waals surface area contributed by atoms with Crippen molar-refractivity contribution in [1.82, 2.24) is 10.3 Å². The van der Waals surface area contributed by atoms with Gasteiger partial charge in [0.05, 0.1) is 21.0 Å². The van der Waals surface area contributed by atoms with E-state index in [0.29, 0.717) is 29.7 Å². The molecule has 0 saturated carbocycles. The number of aromatic nitrogens is 1. The number of benzene rings is 2. The van der Waals surface area contributed by atoms with Gasteiger partial charge in [-0.2, -0.15) is 0 Å². The fraction of sp³-hybridized carbons (Fsp3) is 0.333. The van der Waals surface area contributed by atoms with Crippen molar-refractivity contribution in [1.29, 1.82) is 0 Å². The molecule has 1 saturated heterocycles. The number of nitrogens with two attached hydrogens (primary N) is 1. The standard InChI is InChI=1S/C21H23ClN4O3S2/c22-16-5-8-18-19(12-16)30-21(25-18)26(20(27)15-2-1-10-24-13-15)11-9-14-3-6-17(7-4-14)31(23,28)29/h3-8,12,15,24H,1-2,9-11,13H2,(H2,23,28,29). The summed E-state index contributed by atoms with van der Waals surface area (Å²) < 4.78 is 23.9. The van der Waals surface area contributed by atoms with E-state index in [0.717, 1.165) is 35.2 Å². The lowest BCUT2D eigenvalue weighted by Gasteiger charge is -2.28. The maximum Gasteiger partial charge on any atom is 0.238 e. The third kappa shape index (κ3) is 5.24. The van der Waals surface area contributed by atoms with Gasteiger partial charge in [-0.1, -0.05) is 35.1 Å². The molecule has 0 bridgehead atoms. The number of hydrogen-bond acceptors (Lipinski definition) is 6. The van der Waals surface area contributed by atoms with Crippen molar-refractivity contribution in [3.05, 3.63) is 53.1 Å². The molecule has 31 heavy (non-hydrogen) atoms. The van der Waals surface area contributed by atoms with Gasteiger partial charge in [0.15, 0.2) is 5.13 Å². The maximum absolute atomic E-state index is 13.4. The van der Waals surface area contributed by atoms with Crippen LogP contribution < -0.4 is 15.4 Å². The topological polar surface area (TPSA) is 105 Å². The summed E-state index contributed by atoms with van der Waals surface area (Å²) in [5.41, 5.74) is 1.72. The maximum atomic E-state index is 13.4. The van der Waals surface area contributed by atoms with Crippen LogP contribution in [-0.4, -0.2) is 38.9 Å². The molecule has 3 N–H and O–H groups in total. The fourth-order valence-corrected chi connectivity index (χ4v) is 5.46. The minimum atomic E-state index is -3.73. The van der Waals surface area contributed by atoms with Crippen molar-refractivity contribution in [3.8, 4) is 0 Å². The van der Waals surface area contributed by atoms with E-state index in [1.807, 2.05) is 12.1 Å². The van der Waals surface area contributed by atoms with Crippen molar-refractivity contribution in [2.24, 2.45) is 11.1 Å². The zero-order valence-corrected chi connectivity index (χ0v) is 19.1. The van der Waals surface area contributed by atoms with Gasteiger partial charge in [0.25, 0.3) is 0 Å². The second-order valence-corrected chi connectivity index (χ2v) is 10.6. The van der Waals surface area contributed by atoms with Gasteiger partial charge in [-0.05, 0) is 61.7 Å². The molecule has 0 spiro atoms. The monoisotopic (exact) mass is 478 g/mol. The van der Waals surface area contributed by atoms with E-state index in [2.05, 4.69) is 10.3 Å². The molecule has 0 aliphatic carbocycles. The van der Waals surface area contributed by atoms with E-state index in [1.54, 1.807) is 23.1 Å². The average molecular weight is 479 g/mol. The van der Waals surface area contributed by atoms with E-state index in [-0.39, 0.29) is 16.7 Å². The second kappa shape index (κ2) is 9.22. The largest absolute Gasteiger partial charge is 0.316 e. The van der Waals surface area contributed by atoms with Gasteiger partial charge in [-0.15, -0.1) is 0 Å². The van der Waals surface area contributed by atoms with Crippen molar-refractivity contribution in [2.45, 2.75) is 24.2 Å². The van der Waals surface area contributed by atoms with E-state index in [1.165, 1.54) is 23.5 Å². The number of nitrogens with zero attached hydrogens (tertiary/aromatic N) is 2. The van der Waals surface area contributed by atoms with E-state index < -0.39 is 10.0 Å². The molecule has 164 valence electrons. The summed E-state index contributed by atoms with van der Waals surface area (Å²) in [5, 5.41) is 9.75. The number of amides is 1. The smallest absolute Gasteiger partial charge is 0.238 e. The predicted octanol–water partition coefficient (Wildman–Crippen LogP) is 3.17. The SMILES string of the molecule is NS(=O)(=O)c1ccc(CCN(C(=O)C2CCCNC2)c2nc3ccc(Cl)cc3s2)cc1. The Kier molecular flexibility index (Phi) is 6.59. The zero-order chi connectivity index (χ0) is 22.0. The van der Waals surface area contributed by atoms with Crippen LogP contribution in [0, 0.1) is 5.92 Å². The van der Waals surface area contributed by atoms with Crippen LogP contribution in [0.1, 0.15) is 18.4 Å². The number of carbonyl (C=O) groups excluding carboxylic acids is 1. The molecule has 1 aliphatic heterocycles. The Morgan fingerprint density at radius 1 is 1.26 bits per heavy atom. The summed E-state index contributed by atoms with van der Waals surface area (Å²) in [5.74, 6) is -0.0346. The molecule has 1 fully saturated rings. The minimum absolute atomic E-state index is 0.0542. The van der Waals surface area contributed by atoms with Crippen molar-refractivity contribution < 1.29 is 13.2 Å². The number of nitrogens with one attached hydrogen (secondary N) is 1. The molecule has 2 heterocycles. The van der Waals surface area contributed by atoms with Gasteiger partial charge in [-0.3, -0.25) is 9.69 Å². The molecule has 10 heteroatoms. The molecule has 1 atom stereocenters. The molecule has 4 rings (SSSR count). The number of anilines is 1. The lowest BCUT2D eigenvalue weighted by Crippen LogP contribution is -2.44. The first kappa shape index (κ1) is 22.2. The molecule has 2 aromatic carbocycles. The highest BCUT2D eigenvalue weighted by atomic mass is 35.5. The summed E-state index contributed by atoms with van der Waals surface area (Å²) in [6.07, 6.45) is 2.38. The number of sulfonamides is 1. The third-order valence-electron chi connectivity index (χ3n) is 5.36. The Morgan fingerprint density at radius 3 is 2.71 bits per heavy atom. The Morgan fingerprint density at radius 2 is 2.03 bits per heavy atom. The van der Waals surface area contributed by atoms with Gasteiger partial charge >= 0.3 is 0 Å². The van der Waals surface area contributed by atoms with Crippen LogP contribution in [0.15, 0.2) is 47.4 Å². The molecular weight excluding hydrogens is 456 g/mol. The number of carbonyl (C=O) groups is 1. The van der Waals surface area contributed by atoms with E-state index in [9.17, 15) is 13.2 Å². The number of halogens is 1. The Bertz CT molecular complexity index is 1190. The molecule has 0 radical (unpaired) electrons. The summed E-state index contributed by atoms with van der Waals surface area (Å²) in [4.78, 5) is 19.9. The highest BCUT2D eigenvalue weighted by Gasteiger charge is 2.28. The first-order chi connectivity index (χ1) is 14.8. The molecule has 7 nitrogen and oxygen atoms in total. The van der Waals surface area contributed by atoms with Crippen molar-refractivity contribution in [2.75, 3.05) is 24.5 Å². The average Bonchev–Trinajstić information content (AvgIpc) is 3.17. The van der Waals surface area contributed by atoms with E-state index in [4.69, 9.17) is 16.7 Å². The number of fused-ring (bicyclic) bond motifs is 1. The molecule has 1 aromatic heterocycles. The van der Waals surface area contributed by atoms with Crippen LogP contribution in [0.2, 0.25) is 5.02 Å². The first-order valence-electron chi connectivity index (χ1n) is 10.0. The molecule has 1 amide bonds. The van der Waals surface area contributed by atoms with E-state index >= 15 is 0 Å². The summed E-state index contributed by atoms with van der Waals surface area (Å²) in [7, 11) is -3.73. The van der Waals surface area contributed by atoms with Gasteiger partial charge < -0.3 is 5.32 Å². The molecule has 3 aromatic rings. The summed E-state index contributed by atoms with van der Waals surface area (Å²) in [6.45, 7) is 2.03. The lowest BCUT2D eigenvalue weighted by molar-refractivity contribution is -0.122. The second-order valence-electron chi connectivity index (χ2n) is 7.58. The van der Waals surface area contributed by atoms with Gasteiger partial charge in [0, 0.05) is 18.1 Å². The number of rotatable bonds is 6. The normalized spacial score (nSPS) is 17.0. The molecule has 1 aliphatic rings. The Hall–Kier alpha value is -2.04. The fourth-order valence-electron chi connectivity index (χ4n) is 3.67. The van der Waals surface area contributed by atoms with Crippen molar-refractivity contribution >= 4 is 54.2 Å². The van der Waals surface area contributed by atoms with Crippen LogP contribution in [-0.2, 0) is 21.2 Å². The zero-order valence-electron chi connectivity index (χ0n) is 16.8. The number of thiazole rings is 1. The predicted molar refractivity (Wildman–Crippen MR) is 124 cm³/mol. The Balaban J connectivity index is 1.59. The van der Waals surface area contributed by atoms with Gasteiger partial charge in [-0.25, -0.2) is 18.5 Å². The van der Waals surface area contributed by atoms with Gasteiger partial charge in [0.1, 0.15) is 0 Å².